The largest absolute Gasteiger partial charge is 0.348 e. The second-order valence-corrected chi connectivity index (χ2v) is 6.73. The molecule has 112 valence electrons. The Balaban J connectivity index is 1.53. The molecule has 0 bridgehead atoms. The molecule has 1 unspecified atom stereocenters. The molecule has 6 heteroatoms. The molecule has 1 atom stereocenters. The fourth-order valence-corrected chi connectivity index (χ4v) is 3.92. The molecular formula is C16H16N4OS. The van der Waals surface area contributed by atoms with Gasteiger partial charge in [0.25, 0.3) is 0 Å². The Hall–Kier alpha value is -2.21. The number of aryl methyl sites for hydroxylation is 2. The summed E-state index contributed by atoms with van der Waals surface area (Å²) in [7, 11) is 0. The number of fused-ring (bicyclic) bond motifs is 2. The highest BCUT2D eigenvalue weighted by atomic mass is 32.1. The van der Waals surface area contributed by atoms with Gasteiger partial charge in [0.05, 0.1) is 22.2 Å². The number of nitrogens with one attached hydrogen (secondary N) is 2. The molecule has 2 aromatic heterocycles. The van der Waals surface area contributed by atoms with Crippen molar-refractivity contribution >= 4 is 32.6 Å². The first-order chi connectivity index (χ1) is 10.7. The second-order valence-electron chi connectivity index (χ2n) is 5.70. The Morgan fingerprint density at radius 3 is 3.23 bits per heavy atom. The maximum Gasteiger partial charge on any atom is 0.229 e. The Labute approximate surface area is 131 Å². The Morgan fingerprint density at radius 2 is 2.36 bits per heavy atom. The number of rotatable bonds is 2. The minimum absolute atomic E-state index is 0.0129. The van der Waals surface area contributed by atoms with Crippen LogP contribution in [0, 0.1) is 12.8 Å². The molecule has 2 N–H and O–H groups in total. The van der Waals surface area contributed by atoms with E-state index in [0.717, 1.165) is 46.4 Å². The number of anilines is 1. The van der Waals surface area contributed by atoms with Crippen LogP contribution in [-0.2, 0) is 17.6 Å². The van der Waals surface area contributed by atoms with Crippen molar-refractivity contribution in [2.75, 3.05) is 5.32 Å². The van der Waals surface area contributed by atoms with E-state index in [1.807, 2.05) is 25.1 Å². The maximum absolute atomic E-state index is 12.5. The van der Waals surface area contributed by atoms with Crippen molar-refractivity contribution < 1.29 is 4.79 Å². The number of aromatic amines is 1. The number of hydrogen-bond donors (Lipinski definition) is 2. The Kier molecular flexibility index (Phi) is 3.18. The third-order valence-electron chi connectivity index (χ3n) is 4.21. The second kappa shape index (κ2) is 5.21. The molecule has 22 heavy (non-hydrogen) atoms. The van der Waals surface area contributed by atoms with E-state index >= 15 is 0 Å². The van der Waals surface area contributed by atoms with Crippen molar-refractivity contribution in [1.82, 2.24) is 15.0 Å². The summed E-state index contributed by atoms with van der Waals surface area (Å²) >= 11 is 1.53. The van der Waals surface area contributed by atoms with Gasteiger partial charge >= 0.3 is 0 Å². The Bertz CT molecular complexity index is 851. The van der Waals surface area contributed by atoms with Crippen molar-refractivity contribution in [3.05, 3.63) is 41.5 Å². The number of carbonyl (C=O) groups is 1. The SMILES string of the molecule is Cc1cccc2sc(NC(=O)C3CCc4nc[nH]c4C3)nc12. The third-order valence-corrected chi connectivity index (χ3v) is 5.15. The summed E-state index contributed by atoms with van der Waals surface area (Å²) in [5.74, 6) is 0.0398. The van der Waals surface area contributed by atoms with E-state index in [-0.39, 0.29) is 11.8 Å². The molecule has 0 spiro atoms. The predicted molar refractivity (Wildman–Crippen MR) is 87.1 cm³/mol. The molecule has 0 radical (unpaired) electrons. The van der Waals surface area contributed by atoms with Gasteiger partial charge in [0.15, 0.2) is 5.13 Å². The fourth-order valence-electron chi connectivity index (χ4n) is 2.97. The molecule has 2 heterocycles. The van der Waals surface area contributed by atoms with E-state index in [9.17, 15) is 4.79 Å². The molecule has 4 rings (SSSR count). The zero-order chi connectivity index (χ0) is 15.1. The van der Waals surface area contributed by atoms with Crippen LogP contribution < -0.4 is 5.32 Å². The number of H-pyrrole nitrogens is 1. The summed E-state index contributed by atoms with van der Waals surface area (Å²) in [6.07, 6.45) is 4.13. The van der Waals surface area contributed by atoms with Crippen LogP contribution in [0.25, 0.3) is 10.2 Å². The van der Waals surface area contributed by atoms with Gasteiger partial charge in [-0.1, -0.05) is 23.5 Å². The van der Waals surface area contributed by atoms with Crippen LogP contribution in [0.5, 0.6) is 0 Å². The highest BCUT2D eigenvalue weighted by molar-refractivity contribution is 7.22. The smallest absolute Gasteiger partial charge is 0.229 e. The topological polar surface area (TPSA) is 70.7 Å². The summed E-state index contributed by atoms with van der Waals surface area (Å²) in [6, 6.07) is 6.09. The molecule has 1 aromatic carbocycles. The minimum Gasteiger partial charge on any atom is -0.348 e. The van der Waals surface area contributed by atoms with E-state index in [0.29, 0.717) is 5.13 Å². The monoisotopic (exact) mass is 312 g/mol. The van der Waals surface area contributed by atoms with E-state index in [4.69, 9.17) is 0 Å². The van der Waals surface area contributed by atoms with Crippen molar-refractivity contribution in [1.29, 1.82) is 0 Å². The number of thiazole rings is 1. The van der Waals surface area contributed by atoms with Crippen LogP contribution in [0.1, 0.15) is 23.4 Å². The lowest BCUT2D eigenvalue weighted by Crippen LogP contribution is -2.28. The summed E-state index contributed by atoms with van der Waals surface area (Å²) in [4.78, 5) is 24.4. The quantitative estimate of drug-likeness (QED) is 0.764. The number of imidazole rings is 1. The first-order valence-corrected chi connectivity index (χ1v) is 8.20. The van der Waals surface area contributed by atoms with E-state index in [1.54, 1.807) is 6.33 Å². The number of aromatic nitrogens is 3. The third kappa shape index (κ3) is 2.29. The molecule has 0 saturated carbocycles. The van der Waals surface area contributed by atoms with Gasteiger partial charge in [0.1, 0.15) is 0 Å². The summed E-state index contributed by atoms with van der Waals surface area (Å²) in [5, 5.41) is 3.67. The molecule has 0 saturated heterocycles. The van der Waals surface area contributed by atoms with E-state index < -0.39 is 0 Å². The molecule has 1 aliphatic carbocycles. The van der Waals surface area contributed by atoms with Crippen molar-refractivity contribution in [3.63, 3.8) is 0 Å². The van der Waals surface area contributed by atoms with Gasteiger partial charge in [0, 0.05) is 18.0 Å². The summed E-state index contributed by atoms with van der Waals surface area (Å²) in [5.41, 5.74) is 4.29. The molecule has 1 amide bonds. The summed E-state index contributed by atoms with van der Waals surface area (Å²) < 4.78 is 1.11. The van der Waals surface area contributed by atoms with Crippen LogP contribution in [0.2, 0.25) is 0 Å². The van der Waals surface area contributed by atoms with Gasteiger partial charge in [-0.15, -0.1) is 0 Å². The van der Waals surface area contributed by atoms with Gasteiger partial charge in [0.2, 0.25) is 5.91 Å². The number of benzene rings is 1. The van der Waals surface area contributed by atoms with E-state index in [2.05, 4.69) is 20.3 Å². The first-order valence-electron chi connectivity index (χ1n) is 7.39. The number of carbonyl (C=O) groups excluding carboxylic acids is 1. The normalized spacial score (nSPS) is 17.4. The van der Waals surface area contributed by atoms with Gasteiger partial charge in [-0.05, 0) is 31.4 Å². The number of hydrogen-bond acceptors (Lipinski definition) is 4. The lowest BCUT2D eigenvalue weighted by Gasteiger charge is -2.19. The molecule has 0 aliphatic heterocycles. The highest BCUT2D eigenvalue weighted by Crippen LogP contribution is 2.29. The van der Waals surface area contributed by atoms with Crippen molar-refractivity contribution in [2.45, 2.75) is 26.2 Å². The number of para-hydroxylation sites is 1. The van der Waals surface area contributed by atoms with Crippen molar-refractivity contribution in [3.8, 4) is 0 Å². The summed E-state index contributed by atoms with van der Waals surface area (Å²) in [6.45, 7) is 2.04. The highest BCUT2D eigenvalue weighted by Gasteiger charge is 2.26. The standard InChI is InChI=1S/C16H16N4OS/c1-9-3-2-4-13-14(9)19-16(22-13)20-15(21)10-5-6-11-12(7-10)18-8-17-11/h2-4,8,10H,5-7H2,1H3,(H,17,18)(H,19,20,21). The van der Waals surface area contributed by atoms with Gasteiger partial charge in [-0.2, -0.15) is 0 Å². The van der Waals surface area contributed by atoms with Gasteiger partial charge in [-0.25, -0.2) is 9.97 Å². The average Bonchev–Trinajstić information content (AvgIpc) is 3.13. The zero-order valence-corrected chi connectivity index (χ0v) is 13.0. The van der Waals surface area contributed by atoms with Crippen LogP contribution in [-0.4, -0.2) is 20.9 Å². The minimum atomic E-state index is -0.0129. The van der Waals surface area contributed by atoms with Gasteiger partial charge in [-0.3, -0.25) is 4.79 Å². The fraction of sp³-hybridized carbons (Fsp3) is 0.312. The number of amides is 1. The van der Waals surface area contributed by atoms with Crippen LogP contribution in [0.4, 0.5) is 5.13 Å². The molecule has 1 aliphatic rings. The average molecular weight is 312 g/mol. The maximum atomic E-state index is 12.5. The first kappa shape index (κ1) is 13.5. The molecule has 3 aromatic rings. The molecule has 5 nitrogen and oxygen atoms in total. The van der Waals surface area contributed by atoms with Crippen LogP contribution >= 0.6 is 11.3 Å². The van der Waals surface area contributed by atoms with Crippen LogP contribution in [0.15, 0.2) is 24.5 Å². The Morgan fingerprint density at radius 1 is 1.45 bits per heavy atom. The van der Waals surface area contributed by atoms with E-state index in [1.165, 1.54) is 11.3 Å². The zero-order valence-electron chi connectivity index (χ0n) is 12.2. The lowest BCUT2D eigenvalue weighted by atomic mass is 9.89. The number of nitrogens with zero attached hydrogens (tertiary/aromatic N) is 2. The van der Waals surface area contributed by atoms with Crippen molar-refractivity contribution in [2.24, 2.45) is 5.92 Å². The lowest BCUT2D eigenvalue weighted by molar-refractivity contribution is -0.120. The molecule has 0 fully saturated rings. The molecular weight excluding hydrogens is 296 g/mol. The van der Waals surface area contributed by atoms with Crippen LogP contribution in [0.3, 0.4) is 0 Å². The van der Waals surface area contributed by atoms with Gasteiger partial charge < -0.3 is 10.3 Å². The predicted octanol–water partition coefficient (Wildman–Crippen LogP) is 3.07.